The normalized spacial score (nSPS) is 14.4. The number of benzene rings is 1. The van der Waals surface area contributed by atoms with Gasteiger partial charge in [0.2, 0.25) is 11.8 Å². The van der Waals surface area contributed by atoms with E-state index in [-0.39, 0.29) is 18.2 Å². The average Bonchev–Trinajstić information content (AvgIpc) is 3.10. The molecule has 1 saturated heterocycles. The van der Waals surface area contributed by atoms with Crippen molar-refractivity contribution in [3.63, 3.8) is 0 Å². The number of amides is 2. The average molecular weight is 315 g/mol. The highest BCUT2D eigenvalue weighted by Crippen LogP contribution is 2.25. The summed E-state index contributed by atoms with van der Waals surface area (Å²) >= 11 is 1.41. The first-order chi connectivity index (χ1) is 10.6. The van der Waals surface area contributed by atoms with Crippen LogP contribution in [0.5, 0.6) is 0 Å². The zero-order valence-corrected chi connectivity index (χ0v) is 13.2. The summed E-state index contributed by atoms with van der Waals surface area (Å²) in [6.07, 6.45) is 1.68. The van der Waals surface area contributed by atoms with E-state index in [1.807, 2.05) is 36.6 Å². The number of carbonyl (C=O) groups excluding carboxylic acids is 2. The Morgan fingerprint density at radius 1 is 1.36 bits per heavy atom. The highest BCUT2D eigenvalue weighted by atomic mass is 32.1. The zero-order chi connectivity index (χ0) is 15.5. The van der Waals surface area contributed by atoms with Crippen molar-refractivity contribution in [3.8, 4) is 0 Å². The van der Waals surface area contributed by atoms with Crippen LogP contribution in [0.25, 0.3) is 0 Å². The van der Waals surface area contributed by atoms with Crippen LogP contribution in [0.15, 0.2) is 29.6 Å². The number of thiazole rings is 1. The maximum Gasteiger partial charge on any atom is 0.230 e. The van der Waals surface area contributed by atoms with Gasteiger partial charge in [0, 0.05) is 24.0 Å². The quantitative estimate of drug-likeness (QED) is 0.943. The fourth-order valence-electron chi connectivity index (χ4n) is 2.36. The van der Waals surface area contributed by atoms with E-state index in [2.05, 4.69) is 10.3 Å². The van der Waals surface area contributed by atoms with Crippen LogP contribution >= 0.6 is 11.3 Å². The van der Waals surface area contributed by atoms with Crippen molar-refractivity contribution in [1.29, 1.82) is 0 Å². The van der Waals surface area contributed by atoms with E-state index >= 15 is 0 Å². The van der Waals surface area contributed by atoms with Gasteiger partial charge in [-0.15, -0.1) is 11.3 Å². The Kier molecular flexibility index (Phi) is 4.20. The standard InChI is InChI=1S/C16H17N3O2S/c1-11-4-6-12(7-5-11)17-14(20)9-13-10-22-16(18-13)19-8-2-3-15(19)21/h4-7,10H,2-3,8-9H2,1H3,(H,17,20). The van der Waals surface area contributed by atoms with E-state index in [0.717, 1.165) is 24.2 Å². The van der Waals surface area contributed by atoms with Crippen molar-refractivity contribution >= 4 is 34.0 Å². The molecule has 0 aliphatic carbocycles. The Hall–Kier alpha value is -2.21. The number of aromatic nitrogens is 1. The van der Waals surface area contributed by atoms with Gasteiger partial charge in [-0.25, -0.2) is 4.98 Å². The molecule has 2 heterocycles. The molecule has 1 fully saturated rings. The molecular formula is C16H17N3O2S. The van der Waals surface area contributed by atoms with E-state index in [0.29, 0.717) is 17.2 Å². The van der Waals surface area contributed by atoms with Gasteiger partial charge < -0.3 is 5.32 Å². The Morgan fingerprint density at radius 2 is 2.14 bits per heavy atom. The van der Waals surface area contributed by atoms with Crippen LogP contribution in [0.2, 0.25) is 0 Å². The van der Waals surface area contributed by atoms with E-state index in [4.69, 9.17) is 0 Å². The summed E-state index contributed by atoms with van der Waals surface area (Å²) in [6, 6.07) is 7.66. The smallest absolute Gasteiger partial charge is 0.230 e. The number of rotatable bonds is 4. The summed E-state index contributed by atoms with van der Waals surface area (Å²) in [4.78, 5) is 29.8. The summed E-state index contributed by atoms with van der Waals surface area (Å²) < 4.78 is 0. The molecule has 6 heteroatoms. The summed E-state index contributed by atoms with van der Waals surface area (Å²) in [5.41, 5.74) is 2.63. The summed E-state index contributed by atoms with van der Waals surface area (Å²) in [6.45, 7) is 2.73. The molecule has 1 aromatic heterocycles. The molecule has 0 bridgehead atoms. The number of nitrogens with zero attached hydrogens (tertiary/aromatic N) is 2. The number of aryl methyl sites for hydroxylation is 1. The van der Waals surface area contributed by atoms with Crippen molar-refractivity contribution in [3.05, 3.63) is 40.9 Å². The lowest BCUT2D eigenvalue weighted by Crippen LogP contribution is -2.23. The molecule has 0 saturated carbocycles. The molecule has 22 heavy (non-hydrogen) atoms. The molecule has 2 amide bonds. The first-order valence-corrected chi connectivity index (χ1v) is 8.11. The zero-order valence-electron chi connectivity index (χ0n) is 12.3. The van der Waals surface area contributed by atoms with Crippen molar-refractivity contribution in [2.45, 2.75) is 26.2 Å². The predicted octanol–water partition coefficient (Wildman–Crippen LogP) is 2.76. The molecule has 1 aliphatic rings. The van der Waals surface area contributed by atoms with Gasteiger partial charge in [0.05, 0.1) is 12.1 Å². The molecule has 1 aromatic carbocycles. The van der Waals surface area contributed by atoms with Crippen molar-refractivity contribution in [2.75, 3.05) is 16.8 Å². The number of carbonyl (C=O) groups is 2. The monoisotopic (exact) mass is 315 g/mol. The Bertz CT molecular complexity index is 694. The minimum Gasteiger partial charge on any atom is -0.326 e. The van der Waals surface area contributed by atoms with Crippen LogP contribution in [0, 0.1) is 6.92 Å². The largest absolute Gasteiger partial charge is 0.326 e. The second-order valence-electron chi connectivity index (χ2n) is 5.36. The predicted molar refractivity (Wildman–Crippen MR) is 87.2 cm³/mol. The third kappa shape index (κ3) is 3.33. The summed E-state index contributed by atoms with van der Waals surface area (Å²) in [5, 5.41) is 5.39. The van der Waals surface area contributed by atoms with Crippen LogP contribution in [0.4, 0.5) is 10.8 Å². The third-order valence-corrected chi connectivity index (χ3v) is 4.43. The molecule has 3 rings (SSSR count). The van der Waals surface area contributed by atoms with Crippen LogP contribution < -0.4 is 10.2 Å². The summed E-state index contributed by atoms with van der Waals surface area (Å²) in [7, 11) is 0. The van der Waals surface area contributed by atoms with Gasteiger partial charge in [-0.1, -0.05) is 17.7 Å². The number of hydrogen-bond donors (Lipinski definition) is 1. The van der Waals surface area contributed by atoms with Gasteiger partial charge in [0.15, 0.2) is 5.13 Å². The topological polar surface area (TPSA) is 62.3 Å². The van der Waals surface area contributed by atoms with E-state index in [1.165, 1.54) is 11.3 Å². The first kappa shape index (κ1) is 14.7. The highest BCUT2D eigenvalue weighted by Gasteiger charge is 2.24. The molecule has 5 nitrogen and oxygen atoms in total. The molecule has 0 atom stereocenters. The van der Waals surface area contributed by atoms with Crippen LogP contribution in [0.3, 0.4) is 0 Å². The van der Waals surface area contributed by atoms with Crippen molar-refractivity contribution in [2.24, 2.45) is 0 Å². The highest BCUT2D eigenvalue weighted by molar-refractivity contribution is 7.14. The minimum absolute atomic E-state index is 0.103. The van der Waals surface area contributed by atoms with Crippen molar-refractivity contribution in [1.82, 2.24) is 4.98 Å². The van der Waals surface area contributed by atoms with Gasteiger partial charge in [-0.2, -0.15) is 0 Å². The number of hydrogen-bond acceptors (Lipinski definition) is 4. The van der Waals surface area contributed by atoms with Gasteiger partial charge >= 0.3 is 0 Å². The number of nitrogens with one attached hydrogen (secondary N) is 1. The lowest BCUT2D eigenvalue weighted by Gasteiger charge is -2.10. The maximum atomic E-state index is 12.0. The number of anilines is 2. The molecule has 2 aromatic rings. The Labute approximate surface area is 133 Å². The van der Waals surface area contributed by atoms with E-state index in [9.17, 15) is 9.59 Å². The Balaban J connectivity index is 1.61. The molecular weight excluding hydrogens is 298 g/mol. The second kappa shape index (κ2) is 6.27. The van der Waals surface area contributed by atoms with Gasteiger partial charge in [0.1, 0.15) is 0 Å². The Morgan fingerprint density at radius 3 is 2.82 bits per heavy atom. The van der Waals surface area contributed by atoms with Crippen molar-refractivity contribution < 1.29 is 9.59 Å². The SMILES string of the molecule is Cc1ccc(NC(=O)Cc2csc(N3CCCC3=O)n2)cc1. The fraction of sp³-hybridized carbons (Fsp3) is 0.312. The van der Waals surface area contributed by atoms with E-state index in [1.54, 1.807) is 4.90 Å². The van der Waals surface area contributed by atoms with Crippen LogP contribution in [-0.4, -0.2) is 23.3 Å². The minimum atomic E-state index is -0.103. The van der Waals surface area contributed by atoms with Gasteiger partial charge in [-0.3, -0.25) is 14.5 Å². The lowest BCUT2D eigenvalue weighted by molar-refractivity contribution is -0.117. The molecule has 114 valence electrons. The molecule has 1 aliphatic heterocycles. The molecule has 0 spiro atoms. The van der Waals surface area contributed by atoms with Crippen LogP contribution in [-0.2, 0) is 16.0 Å². The lowest BCUT2D eigenvalue weighted by atomic mass is 10.2. The molecule has 0 unspecified atom stereocenters. The third-order valence-electron chi connectivity index (χ3n) is 3.52. The fourth-order valence-corrected chi connectivity index (χ4v) is 3.23. The maximum absolute atomic E-state index is 12.0. The second-order valence-corrected chi connectivity index (χ2v) is 6.20. The van der Waals surface area contributed by atoms with Gasteiger partial charge in [-0.05, 0) is 25.5 Å². The van der Waals surface area contributed by atoms with Gasteiger partial charge in [0.25, 0.3) is 0 Å². The molecule has 0 radical (unpaired) electrons. The summed E-state index contributed by atoms with van der Waals surface area (Å²) in [5.74, 6) is 0.0125. The first-order valence-electron chi connectivity index (χ1n) is 7.23. The molecule has 1 N–H and O–H groups in total. The van der Waals surface area contributed by atoms with E-state index < -0.39 is 0 Å². The van der Waals surface area contributed by atoms with Crippen LogP contribution in [0.1, 0.15) is 24.1 Å².